The van der Waals surface area contributed by atoms with Crippen LogP contribution in [0.3, 0.4) is 0 Å². The molecule has 1 aromatic heterocycles. The molecule has 5 heteroatoms. The van der Waals surface area contributed by atoms with Crippen LogP contribution < -0.4 is 4.90 Å². The van der Waals surface area contributed by atoms with Crippen molar-refractivity contribution >= 4 is 5.69 Å². The Labute approximate surface area is 105 Å². The minimum Gasteiger partial charge on any atom is -0.421 e. The van der Waals surface area contributed by atoms with E-state index < -0.39 is 0 Å². The molecule has 1 fully saturated rings. The van der Waals surface area contributed by atoms with Gasteiger partial charge >= 0.3 is 0 Å². The molecule has 2 heterocycles. The van der Waals surface area contributed by atoms with Gasteiger partial charge in [-0.1, -0.05) is 6.07 Å². The van der Waals surface area contributed by atoms with Crippen molar-refractivity contribution in [2.75, 3.05) is 31.2 Å². The van der Waals surface area contributed by atoms with Crippen molar-refractivity contribution in [3.8, 4) is 11.5 Å². The predicted molar refractivity (Wildman–Crippen MR) is 67.5 cm³/mol. The highest BCUT2D eigenvalue weighted by Crippen LogP contribution is 2.24. The van der Waals surface area contributed by atoms with E-state index in [9.17, 15) is 0 Å². The van der Waals surface area contributed by atoms with Gasteiger partial charge in [0.1, 0.15) is 0 Å². The second-order valence-electron chi connectivity index (χ2n) is 4.28. The van der Waals surface area contributed by atoms with Gasteiger partial charge in [-0.25, -0.2) is 0 Å². The standard InChI is InChI=1S/C13H15N3O2/c1-10-14-15-13(18-10)11-3-2-4-12(9-11)16-5-7-17-8-6-16/h2-4,9H,5-8H2,1H3. The number of ether oxygens (including phenoxy) is 1. The first-order chi connectivity index (χ1) is 8.83. The number of hydrogen-bond acceptors (Lipinski definition) is 5. The first-order valence-electron chi connectivity index (χ1n) is 6.06. The van der Waals surface area contributed by atoms with E-state index in [1.807, 2.05) is 12.1 Å². The van der Waals surface area contributed by atoms with E-state index >= 15 is 0 Å². The van der Waals surface area contributed by atoms with Crippen LogP contribution in [-0.4, -0.2) is 36.5 Å². The number of benzene rings is 1. The van der Waals surface area contributed by atoms with Gasteiger partial charge in [0.2, 0.25) is 11.8 Å². The van der Waals surface area contributed by atoms with Crippen LogP contribution in [-0.2, 0) is 4.74 Å². The number of hydrogen-bond donors (Lipinski definition) is 0. The maximum Gasteiger partial charge on any atom is 0.247 e. The maximum absolute atomic E-state index is 5.45. The Hall–Kier alpha value is -1.88. The third-order valence-electron chi connectivity index (χ3n) is 3.00. The molecule has 1 aliphatic heterocycles. The number of rotatable bonds is 2. The monoisotopic (exact) mass is 245 g/mol. The Morgan fingerprint density at radius 3 is 2.72 bits per heavy atom. The quantitative estimate of drug-likeness (QED) is 0.808. The van der Waals surface area contributed by atoms with E-state index in [-0.39, 0.29) is 0 Å². The molecule has 18 heavy (non-hydrogen) atoms. The minimum absolute atomic E-state index is 0.572. The highest BCUT2D eigenvalue weighted by Gasteiger charge is 2.13. The van der Waals surface area contributed by atoms with Gasteiger partial charge in [0.25, 0.3) is 0 Å². The summed E-state index contributed by atoms with van der Waals surface area (Å²) in [6.07, 6.45) is 0. The number of aryl methyl sites for hydroxylation is 1. The van der Waals surface area contributed by atoms with Crippen molar-refractivity contribution in [2.24, 2.45) is 0 Å². The van der Waals surface area contributed by atoms with Crippen LogP contribution in [0.4, 0.5) is 5.69 Å². The molecule has 3 rings (SSSR count). The number of aromatic nitrogens is 2. The number of anilines is 1. The fourth-order valence-electron chi connectivity index (χ4n) is 2.07. The normalized spacial score (nSPS) is 15.9. The van der Waals surface area contributed by atoms with Crippen LogP contribution in [0.5, 0.6) is 0 Å². The van der Waals surface area contributed by atoms with Crippen LogP contribution in [0.25, 0.3) is 11.5 Å². The fraction of sp³-hybridized carbons (Fsp3) is 0.385. The van der Waals surface area contributed by atoms with E-state index in [0.29, 0.717) is 11.8 Å². The van der Waals surface area contributed by atoms with Crippen LogP contribution in [0.2, 0.25) is 0 Å². The molecule has 0 bridgehead atoms. The lowest BCUT2D eigenvalue weighted by Crippen LogP contribution is -2.36. The van der Waals surface area contributed by atoms with Crippen LogP contribution in [0, 0.1) is 6.92 Å². The van der Waals surface area contributed by atoms with Crippen LogP contribution >= 0.6 is 0 Å². The molecule has 5 nitrogen and oxygen atoms in total. The van der Waals surface area contributed by atoms with E-state index in [4.69, 9.17) is 9.15 Å². The molecule has 1 aromatic carbocycles. The second-order valence-corrected chi connectivity index (χ2v) is 4.28. The van der Waals surface area contributed by atoms with E-state index in [0.717, 1.165) is 31.9 Å². The summed E-state index contributed by atoms with van der Waals surface area (Å²) in [4.78, 5) is 2.30. The largest absolute Gasteiger partial charge is 0.421 e. The summed E-state index contributed by atoms with van der Waals surface area (Å²) >= 11 is 0. The van der Waals surface area contributed by atoms with E-state index in [2.05, 4.69) is 27.2 Å². The molecule has 2 aromatic rings. The molecule has 0 atom stereocenters. The number of morpholine rings is 1. The van der Waals surface area contributed by atoms with Crippen molar-refractivity contribution in [2.45, 2.75) is 6.92 Å². The molecule has 0 radical (unpaired) electrons. The topological polar surface area (TPSA) is 51.4 Å². The molecular weight excluding hydrogens is 230 g/mol. The summed E-state index contributed by atoms with van der Waals surface area (Å²) in [6, 6.07) is 8.17. The summed E-state index contributed by atoms with van der Waals surface area (Å²) in [5.74, 6) is 1.16. The maximum atomic E-state index is 5.45. The van der Waals surface area contributed by atoms with Crippen molar-refractivity contribution < 1.29 is 9.15 Å². The minimum atomic E-state index is 0.572. The average Bonchev–Trinajstić information content (AvgIpc) is 2.87. The molecule has 0 aliphatic carbocycles. The molecule has 1 aliphatic rings. The van der Waals surface area contributed by atoms with Crippen LogP contribution in [0.1, 0.15) is 5.89 Å². The molecule has 0 saturated carbocycles. The summed E-state index contributed by atoms with van der Waals surface area (Å²) in [7, 11) is 0. The number of nitrogens with zero attached hydrogens (tertiary/aromatic N) is 3. The first kappa shape index (κ1) is 11.2. The molecule has 1 saturated heterocycles. The third kappa shape index (κ3) is 2.22. The zero-order valence-electron chi connectivity index (χ0n) is 10.3. The Morgan fingerprint density at radius 1 is 1.17 bits per heavy atom. The molecule has 0 N–H and O–H groups in total. The molecular formula is C13H15N3O2. The molecule has 0 unspecified atom stereocenters. The van der Waals surface area contributed by atoms with Crippen molar-refractivity contribution in [3.63, 3.8) is 0 Å². The van der Waals surface area contributed by atoms with Gasteiger partial charge in [0.05, 0.1) is 13.2 Å². The summed E-state index contributed by atoms with van der Waals surface area (Å²) in [6.45, 7) is 5.20. The van der Waals surface area contributed by atoms with Crippen molar-refractivity contribution in [1.82, 2.24) is 10.2 Å². The zero-order chi connectivity index (χ0) is 12.4. The summed E-state index contributed by atoms with van der Waals surface area (Å²) in [5, 5.41) is 7.90. The van der Waals surface area contributed by atoms with Crippen molar-refractivity contribution in [3.05, 3.63) is 30.2 Å². The highest BCUT2D eigenvalue weighted by atomic mass is 16.5. The summed E-state index contributed by atoms with van der Waals surface area (Å²) in [5.41, 5.74) is 2.13. The van der Waals surface area contributed by atoms with Gasteiger partial charge in [-0.2, -0.15) is 0 Å². The Bertz CT molecular complexity index is 533. The lowest BCUT2D eigenvalue weighted by Gasteiger charge is -2.29. The Balaban J connectivity index is 1.88. The van der Waals surface area contributed by atoms with Crippen LogP contribution in [0.15, 0.2) is 28.7 Å². The fourth-order valence-corrected chi connectivity index (χ4v) is 2.07. The Kier molecular flexibility index (Phi) is 2.98. The average molecular weight is 245 g/mol. The summed E-state index contributed by atoms with van der Waals surface area (Å²) < 4.78 is 10.8. The molecule has 94 valence electrons. The van der Waals surface area contributed by atoms with Gasteiger partial charge in [0.15, 0.2) is 0 Å². The SMILES string of the molecule is Cc1nnc(-c2cccc(N3CCOCC3)c2)o1. The van der Waals surface area contributed by atoms with Gasteiger partial charge < -0.3 is 14.1 Å². The zero-order valence-corrected chi connectivity index (χ0v) is 10.3. The highest BCUT2D eigenvalue weighted by molar-refractivity contribution is 5.62. The first-order valence-corrected chi connectivity index (χ1v) is 6.06. The molecule has 0 amide bonds. The van der Waals surface area contributed by atoms with Gasteiger partial charge in [0, 0.05) is 31.3 Å². The predicted octanol–water partition coefficient (Wildman–Crippen LogP) is 1.88. The van der Waals surface area contributed by atoms with E-state index in [1.54, 1.807) is 6.92 Å². The van der Waals surface area contributed by atoms with Gasteiger partial charge in [-0.3, -0.25) is 0 Å². The smallest absolute Gasteiger partial charge is 0.247 e. The molecule has 0 spiro atoms. The Morgan fingerprint density at radius 2 is 2.00 bits per heavy atom. The van der Waals surface area contributed by atoms with Gasteiger partial charge in [-0.15, -0.1) is 10.2 Å². The third-order valence-corrected chi connectivity index (χ3v) is 3.00. The lowest BCUT2D eigenvalue weighted by molar-refractivity contribution is 0.122. The van der Waals surface area contributed by atoms with E-state index in [1.165, 1.54) is 5.69 Å². The van der Waals surface area contributed by atoms with Gasteiger partial charge in [-0.05, 0) is 18.2 Å². The van der Waals surface area contributed by atoms with Crippen molar-refractivity contribution in [1.29, 1.82) is 0 Å². The second kappa shape index (κ2) is 4.78. The lowest BCUT2D eigenvalue weighted by atomic mass is 10.2.